The number of aliphatic imine (C=N–C) groups is 1. The molecule has 1 aromatic carbocycles. The normalized spacial score (nSPS) is 20.6. The highest BCUT2D eigenvalue weighted by Crippen LogP contribution is 2.36. The van der Waals surface area contributed by atoms with Crippen LogP contribution in [-0.4, -0.2) is 20.3 Å². The fraction of sp³-hybridized carbons (Fsp3) is 0.263. The van der Waals surface area contributed by atoms with Gasteiger partial charge in [-0.2, -0.15) is 0 Å². The van der Waals surface area contributed by atoms with E-state index < -0.39 is 5.54 Å². The molecule has 0 fully saturated rings. The summed E-state index contributed by atoms with van der Waals surface area (Å²) in [7, 11) is 0. The number of thioether (sulfide) groups is 1. The third kappa shape index (κ3) is 3.02. The summed E-state index contributed by atoms with van der Waals surface area (Å²) in [4.78, 5) is 9.03. The number of aromatic nitrogens is 2. The average Bonchev–Trinajstić information content (AvgIpc) is 2.99. The molecule has 1 atom stereocenters. The summed E-state index contributed by atoms with van der Waals surface area (Å²) < 4.78 is 16.6. The van der Waals surface area contributed by atoms with Crippen molar-refractivity contribution in [1.29, 1.82) is 0 Å². The Morgan fingerprint density at radius 3 is 3.04 bits per heavy atom. The monoisotopic (exact) mass is 354 g/mol. The van der Waals surface area contributed by atoms with Crippen LogP contribution in [-0.2, 0) is 12.0 Å². The maximum absolute atomic E-state index is 14.5. The average molecular weight is 354 g/mol. The molecule has 2 N–H and O–H groups in total. The first-order chi connectivity index (χ1) is 12.0. The van der Waals surface area contributed by atoms with Gasteiger partial charge in [-0.3, -0.25) is 4.99 Å². The second-order valence-corrected chi connectivity index (χ2v) is 7.60. The number of amidine groups is 1. The standard InChI is InChI=1S/C19H19FN4S/c1-19(7-9-25-18(21)23-19)15-10-13(5-6-16(15)20)11-17-22-12-14-4-2-3-8-24(14)17/h2-6,8,10,12H,7,9,11H2,1H3,(H2,21,23)/t19-/m0/s1. The van der Waals surface area contributed by atoms with Crippen molar-refractivity contribution in [3.8, 4) is 0 Å². The lowest BCUT2D eigenvalue weighted by atomic mass is 9.88. The van der Waals surface area contributed by atoms with E-state index in [0.717, 1.165) is 29.1 Å². The first-order valence-corrected chi connectivity index (χ1v) is 9.22. The van der Waals surface area contributed by atoms with Gasteiger partial charge in [-0.25, -0.2) is 9.37 Å². The highest BCUT2D eigenvalue weighted by Gasteiger charge is 2.32. The summed E-state index contributed by atoms with van der Waals surface area (Å²) in [6.45, 7) is 1.95. The Bertz CT molecular complexity index is 965. The van der Waals surface area contributed by atoms with Gasteiger partial charge in [0.25, 0.3) is 0 Å². The summed E-state index contributed by atoms with van der Waals surface area (Å²) in [5.74, 6) is 1.55. The van der Waals surface area contributed by atoms with Crippen LogP contribution in [0.1, 0.15) is 30.3 Å². The Morgan fingerprint density at radius 1 is 1.32 bits per heavy atom. The van der Waals surface area contributed by atoms with E-state index in [4.69, 9.17) is 5.73 Å². The van der Waals surface area contributed by atoms with Gasteiger partial charge >= 0.3 is 0 Å². The maximum Gasteiger partial charge on any atom is 0.154 e. The van der Waals surface area contributed by atoms with Gasteiger partial charge in [-0.15, -0.1) is 0 Å². The van der Waals surface area contributed by atoms with E-state index in [0.29, 0.717) is 17.2 Å². The van der Waals surface area contributed by atoms with Crippen LogP contribution in [0.15, 0.2) is 53.8 Å². The van der Waals surface area contributed by atoms with Crippen LogP contribution in [0.25, 0.3) is 5.52 Å². The number of halogens is 1. The Kier molecular flexibility index (Phi) is 4.00. The molecule has 1 aliphatic heterocycles. The van der Waals surface area contributed by atoms with Crippen molar-refractivity contribution in [2.75, 3.05) is 5.75 Å². The third-order valence-corrected chi connectivity index (χ3v) is 5.48. The highest BCUT2D eigenvalue weighted by molar-refractivity contribution is 8.13. The van der Waals surface area contributed by atoms with Crippen LogP contribution in [0.5, 0.6) is 0 Å². The van der Waals surface area contributed by atoms with Crippen molar-refractivity contribution >= 4 is 22.4 Å². The second-order valence-electron chi connectivity index (χ2n) is 6.48. The molecule has 0 amide bonds. The Hall–Kier alpha value is -2.34. The van der Waals surface area contributed by atoms with Crippen LogP contribution >= 0.6 is 11.8 Å². The molecule has 4 nitrogen and oxygen atoms in total. The van der Waals surface area contributed by atoms with E-state index in [9.17, 15) is 4.39 Å². The van der Waals surface area contributed by atoms with E-state index in [1.54, 1.807) is 0 Å². The molecule has 3 heterocycles. The molecule has 0 aliphatic carbocycles. The molecule has 0 saturated carbocycles. The predicted octanol–water partition coefficient (Wildman–Crippen LogP) is 3.73. The number of hydrogen-bond acceptors (Lipinski definition) is 4. The van der Waals surface area contributed by atoms with Crippen LogP contribution in [0.3, 0.4) is 0 Å². The van der Waals surface area contributed by atoms with Crippen molar-refractivity contribution in [2.45, 2.75) is 25.3 Å². The number of rotatable bonds is 3. The van der Waals surface area contributed by atoms with Gasteiger partial charge in [0.15, 0.2) is 5.17 Å². The molecule has 2 aromatic heterocycles. The van der Waals surface area contributed by atoms with Gasteiger partial charge in [-0.1, -0.05) is 23.9 Å². The smallest absolute Gasteiger partial charge is 0.154 e. The van der Waals surface area contributed by atoms with Gasteiger partial charge in [0.05, 0.1) is 17.3 Å². The molecule has 0 spiro atoms. The molecule has 1 aliphatic rings. The zero-order chi connectivity index (χ0) is 17.4. The molecule has 4 rings (SSSR count). The van der Waals surface area contributed by atoms with Gasteiger partial charge < -0.3 is 10.1 Å². The quantitative estimate of drug-likeness (QED) is 0.780. The summed E-state index contributed by atoms with van der Waals surface area (Å²) in [6, 6.07) is 11.2. The molecule has 128 valence electrons. The van der Waals surface area contributed by atoms with Gasteiger partial charge in [0.1, 0.15) is 11.6 Å². The van der Waals surface area contributed by atoms with Crippen LogP contribution in [0.2, 0.25) is 0 Å². The highest BCUT2D eigenvalue weighted by atomic mass is 32.2. The number of fused-ring (bicyclic) bond motifs is 1. The van der Waals surface area contributed by atoms with Crippen molar-refractivity contribution in [2.24, 2.45) is 10.7 Å². The van der Waals surface area contributed by atoms with E-state index >= 15 is 0 Å². The first kappa shape index (κ1) is 16.1. The van der Waals surface area contributed by atoms with Crippen LogP contribution in [0, 0.1) is 5.82 Å². The van der Waals surface area contributed by atoms with Crippen molar-refractivity contribution in [3.63, 3.8) is 0 Å². The Labute approximate surface area is 150 Å². The first-order valence-electron chi connectivity index (χ1n) is 8.23. The molecule has 0 radical (unpaired) electrons. The van der Waals surface area contributed by atoms with Crippen molar-refractivity contribution in [3.05, 3.63) is 71.6 Å². The number of imidazole rings is 1. The number of hydrogen-bond donors (Lipinski definition) is 1. The fourth-order valence-electron chi connectivity index (χ4n) is 3.29. The zero-order valence-corrected chi connectivity index (χ0v) is 14.8. The Balaban J connectivity index is 1.71. The minimum absolute atomic E-state index is 0.234. The predicted molar refractivity (Wildman–Crippen MR) is 100 cm³/mol. The van der Waals surface area contributed by atoms with Crippen LogP contribution in [0.4, 0.5) is 4.39 Å². The van der Waals surface area contributed by atoms with Crippen LogP contribution < -0.4 is 5.73 Å². The largest absolute Gasteiger partial charge is 0.379 e. The molecular weight excluding hydrogens is 335 g/mol. The SMILES string of the molecule is C[C@@]1(c2cc(Cc3ncc4ccccn34)ccc2F)CCSC(N)=N1. The topological polar surface area (TPSA) is 55.7 Å². The third-order valence-electron chi connectivity index (χ3n) is 4.68. The second kappa shape index (κ2) is 6.19. The molecule has 0 saturated heterocycles. The minimum atomic E-state index is -0.607. The lowest BCUT2D eigenvalue weighted by Gasteiger charge is -2.30. The molecule has 25 heavy (non-hydrogen) atoms. The fourth-order valence-corrected chi connectivity index (χ4v) is 4.26. The summed E-state index contributed by atoms with van der Waals surface area (Å²) in [5.41, 5.74) is 7.95. The molecular formula is C19H19FN4S. The lowest BCUT2D eigenvalue weighted by Crippen LogP contribution is -2.29. The lowest BCUT2D eigenvalue weighted by molar-refractivity contribution is 0.449. The summed E-state index contributed by atoms with van der Waals surface area (Å²) in [5, 5.41) is 0.526. The number of nitrogens with two attached hydrogens (primary N) is 1. The zero-order valence-electron chi connectivity index (χ0n) is 13.9. The number of nitrogens with zero attached hydrogens (tertiary/aromatic N) is 3. The van der Waals surface area contributed by atoms with Gasteiger partial charge in [-0.05, 0) is 43.2 Å². The molecule has 0 unspecified atom stereocenters. The summed E-state index contributed by atoms with van der Waals surface area (Å²) in [6.07, 6.45) is 5.25. The van der Waals surface area contributed by atoms with E-state index in [1.807, 2.05) is 49.6 Å². The van der Waals surface area contributed by atoms with E-state index in [-0.39, 0.29) is 5.82 Å². The van der Waals surface area contributed by atoms with E-state index in [1.165, 1.54) is 17.8 Å². The molecule has 6 heteroatoms. The van der Waals surface area contributed by atoms with Crippen molar-refractivity contribution < 1.29 is 4.39 Å². The van der Waals surface area contributed by atoms with Crippen molar-refractivity contribution in [1.82, 2.24) is 9.38 Å². The molecule has 3 aromatic rings. The number of pyridine rings is 1. The van der Waals surface area contributed by atoms with E-state index in [2.05, 4.69) is 14.4 Å². The summed E-state index contributed by atoms with van der Waals surface area (Å²) >= 11 is 1.52. The minimum Gasteiger partial charge on any atom is -0.379 e. The molecule has 0 bridgehead atoms. The van der Waals surface area contributed by atoms with Gasteiger partial charge in [0.2, 0.25) is 0 Å². The number of benzene rings is 1. The Morgan fingerprint density at radius 2 is 2.20 bits per heavy atom. The van der Waals surface area contributed by atoms with Gasteiger partial charge in [0, 0.05) is 23.9 Å². The maximum atomic E-state index is 14.5.